The number of aryl methyl sites for hydroxylation is 1. The molecule has 2 heterocycles. The maximum Gasteiger partial charge on any atom is 0.0950 e. The minimum Gasteiger partial charge on any atom is -0.336 e. The lowest BCUT2D eigenvalue weighted by atomic mass is 10.4. The Morgan fingerprint density at radius 3 is 2.82 bits per heavy atom. The molecular formula is C6H11Cl2N3. The number of aromatic nitrogens is 2. The van der Waals surface area contributed by atoms with Crippen LogP contribution in [0.1, 0.15) is 11.4 Å². The third kappa shape index (κ3) is 1.67. The van der Waals surface area contributed by atoms with E-state index in [2.05, 4.69) is 14.9 Å². The number of fused-ring (bicyclic) bond motifs is 1. The van der Waals surface area contributed by atoms with Gasteiger partial charge >= 0.3 is 0 Å². The van der Waals surface area contributed by atoms with Gasteiger partial charge in [-0.15, -0.1) is 24.8 Å². The molecule has 0 spiro atoms. The highest BCUT2D eigenvalue weighted by atomic mass is 35.5. The second-order valence-electron chi connectivity index (χ2n) is 2.35. The first-order valence-electron chi connectivity index (χ1n) is 3.08. The van der Waals surface area contributed by atoms with Crippen LogP contribution >= 0.6 is 24.8 Å². The molecule has 0 aliphatic carbocycles. The monoisotopic (exact) mass is 195 g/mol. The summed E-state index contributed by atoms with van der Waals surface area (Å²) in [4.78, 5) is 4.20. The highest BCUT2D eigenvalue weighted by Gasteiger charge is 2.13. The Hall–Kier alpha value is -0.250. The first-order chi connectivity index (χ1) is 4.38. The Morgan fingerprint density at radius 2 is 2.18 bits per heavy atom. The van der Waals surface area contributed by atoms with Crippen LogP contribution in [0, 0.1) is 0 Å². The molecule has 0 unspecified atom stereocenters. The van der Waals surface area contributed by atoms with Crippen molar-refractivity contribution in [2.75, 3.05) is 0 Å². The highest BCUT2D eigenvalue weighted by Crippen LogP contribution is 2.10. The van der Waals surface area contributed by atoms with E-state index < -0.39 is 0 Å². The Bertz CT molecular complexity index is 234. The quantitative estimate of drug-likeness (QED) is 0.667. The largest absolute Gasteiger partial charge is 0.336 e. The van der Waals surface area contributed by atoms with Crippen LogP contribution in [-0.4, -0.2) is 9.55 Å². The van der Waals surface area contributed by atoms with E-state index >= 15 is 0 Å². The van der Waals surface area contributed by atoms with Gasteiger partial charge < -0.3 is 9.88 Å². The van der Waals surface area contributed by atoms with Gasteiger partial charge in [-0.3, -0.25) is 0 Å². The molecule has 1 aliphatic rings. The van der Waals surface area contributed by atoms with Crippen LogP contribution in [0.15, 0.2) is 6.33 Å². The summed E-state index contributed by atoms with van der Waals surface area (Å²) in [5.74, 6) is 0. The summed E-state index contributed by atoms with van der Waals surface area (Å²) < 4.78 is 2.06. The van der Waals surface area contributed by atoms with Crippen LogP contribution < -0.4 is 5.32 Å². The molecule has 2 rings (SSSR count). The van der Waals surface area contributed by atoms with Gasteiger partial charge in [-0.1, -0.05) is 0 Å². The third-order valence-electron chi connectivity index (χ3n) is 1.73. The van der Waals surface area contributed by atoms with Gasteiger partial charge in [-0.2, -0.15) is 0 Å². The summed E-state index contributed by atoms with van der Waals surface area (Å²) in [6.07, 6.45) is 1.87. The van der Waals surface area contributed by atoms with Crippen LogP contribution in [-0.2, 0) is 20.1 Å². The minimum absolute atomic E-state index is 0. The van der Waals surface area contributed by atoms with E-state index in [-0.39, 0.29) is 24.8 Å². The molecule has 0 atom stereocenters. The summed E-state index contributed by atoms with van der Waals surface area (Å²) in [7, 11) is 2.03. The number of nitrogens with one attached hydrogen (secondary N) is 1. The summed E-state index contributed by atoms with van der Waals surface area (Å²) in [6, 6.07) is 0. The molecule has 0 saturated heterocycles. The van der Waals surface area contributed by atoms with Crippen molar-refractivity contribution in [3.63, 3.8) is 0 Å². The van der Waals surface area contributed by atoms with Gasteiger partial charge in [0.05, 0.1) is 17.7 Å². The molecule has 3 nitrogen and oxygen atoms in total. The fraction of sp³-hybridized carbons (Fsp3) is 0.500. The first kappa shape index (κ1) is 10.8. The normalized spacial score (nSPS) is 13.2. The van der Waals surface area contributed by atoms with Crippen LogP contribution in [0.5, 0.6) is 0 Å². The van der Waals surface area contributed by atoms with E-state index in [0.717, 1.165) is 13.1 Å². The molecule has 1 aromatic rings. The van der Waals surface area contributed by atoms with Crippen molar-refractivity contribution >= 4 is 24.8 Å². The van der Waals surface area contributed by atoms with E-state index in [1.807, 2.05) is 13.4 Å². The van der Waals surface area contributed by atoms with Crippen molar-refractivity contribution < 1.29 is 0 Å². The van der Waals surface area contributed by atoms with Gasteiger partial charge in [0.25, 0.3) is 0 Å². The molecular weight excluding hydrogens is 185 g/mol. The lowest BCUT2D eigenvalue weighted by Gasteiger charge is -1.93. The Balaban J connectivity index is 0.000000500. The van der Waals surface area contributed by atoms with Crippen LogP contribution in [0.25, 0.3) is 0 Å². The molecule has 11 heavy (non-hydrogen) atoms. The predicted molar refractivity (Wildman–Crippen MR) is 48.2 cm³/mol. The molecule has 0 fully saturated rings. The predicted octanol–water partition coefficient (Wildman–Crippen LogP) is 0.867. The second-order valence-corrected chi connectivity index (χ2v) is 2.35. The molecule has 1 N–H and O–H groups in total. The maximum absolute atomic E-state index is 4.20. The van der Waals surface area contributed by atoms with Crippen molar-refractivity contribution in [3.8, 4) is 0 Å². The number of hydrogen-bond donors (Lipinski definition) is 1. The van der Waals surface area contributed by atoms with Crippen molar-refractivity contribution in [1.29, 1.82) is 0 Å². The average molecular weight is 196 g/mol. The molecule has 5 heteroatoms. The average Bonchev–Trinajstić information content (AvgIpc) is 2.35. The molecule has 64 valence electrons. The van der Waals surface area contributed by atoms with Gasteiger partial charge in [0.2, 0.25) is 0 Å². The van der Waals surface area contributed by atoms with E-state index in [0.29, 0.717) is 0 Å². The van der Waals surface area contributed by atoms with E-state index in [1.165, 1.54) is 11.4 Å². The van der Waals surface area contributed by atoms with Gasteiger partial charge in [0.1, 0.15) is 0 Å². The summed E-state index contributed by atoms with van der Waals surface area (Å²) >= 11 is 0. The van der Waals surface area contributed by atoms with Gasteiger partial charge in [-0.25, -0.2) is 4.98 Å². The SMILES string of the molecule is Cl.Cl.Cn1cnc2c1CNC2. The van der Waals surface area contributed by atoms with Crippen molar-refractivity contribution in [2.24, 2.45) is 7.05 Å². The highest BCUT2D eigenvalue weighted by molar-refractivity contribution is 5.85. The second kappa shape index (κ2) is 3.95. The van der Waals surface area contributed by atoms with Crippen molar-refractivity contribution in [3.05, 3.63) is 17.7 Å². The lowest BCUT2D eigenvalue weighted by molar-refractivity contribution is 0.712. The van der Waals surface area contributed by atoms with E-state index in [1.54, 1.807) is 0 Å². The Morgan fingerprint density at radius 1 is 1.45 bits per heavy atom. The van der Waals surface area contributed by atoms with Gasteiger partial charge in [0, 0.05) is 20.1 Å². The molecule has 0 amide bonds. The number of imidazole rings is 1. The van der Waals surface area contributed by atoms with Crippen molar-refractivity contribution in [1.82, 2.24) is 14.9 Å². The maximum atomic E-state index is 4.20. The fourth-order valence-electron chi connectivity index (χ4n) is 1.18. The standard InChI is InChI=1S/C6H9N3.2ClH/c1-9-4-8-5-2-7-3-6(5)9;;/h4,7H,2-3H2,1H3;2*1H. The van der Waals surface area contributed by atoms with Crippen molar-refractivity contribution in [2.45, 2.75) is 13.1 Å². The van der Waals surface area contributed by atoms with E-state index in [9.17, 15) is 0 Å². The Labute approximate surface area is 78.0 Å². The summed E-state index contributed by atoms with van der Waals surface area (Å²) in [6.45, 7) is 1.92. The summed E-state index contributed by atoms with van der Waals surface area (Å²) in [5, 5.41) is 3.23. The summed E-state index contributed by atoms with van der Waals surface area (Å²) in [5.41, 5.74) is 2.53. The van der Waals surface area contributed by atoms with E-state index in [4.69, 9.17) is 0 Å². The number of nitrogens with zero attached hydrogens (tertiary/aromatic N) is 2. The van der Waals surface area contributed by atoms with Gasteiger partial charge in [0.15, 0.2) is 0 Å². The molecule has 0 radical (unpaired) electrons. The van der Waals surface area contributed by atoms with Crippen LogP contribution in [0.4, 0.5) is 0 Å². The minimum atomic E-state index is 0. The smallest absolute Gasteiger partial charge is 0.0950 e. The van der Waals surface area contributed by atoms with Crippen LogP contribution in [0.2, 0.25) is 0 Å². The molecule has 0 aromatic carbocycles. The molecule has 0 saturated carbocycles. The number of halogens is 2. The lowest BCUT2D eigenvalue weighted by Crippen LogP contribution is -2.04. The zero-order chi connectivity index (χ0) is 6.27. The first-order valence-corrected chi connectivity index (χ1v) is 3.08. The molecule has 0 bridgehead atoms. The number of rotatable bonds is 0. The molecule has 1 aliphatic heterocycles. The fourth-order valence-corrected chi connectivity index (χ4v) is 1.18. The molecule has 1 aromatic heterocycles. The third-order valence-corrected chi connectivity index (χ3v) is 1.73. The Kier molecular flexibility index (Phi) is 3.86. The zero-order valence-corrected chi connectivity index (χ0v) is 7.84. The number of hydrogen-bond acceptors (Lipinski definition) is 2. The van der Waals surface area contributed by atoms with Crippen LogP contribution in [0.3, 0.4) is 0 Å². The zero-order valence-electron chi connectivity index (χ0n) is 6.20. The topological polar surface area (TPSA) is 29.9 Å². The van der Waals surface area contributed by atoms with Gasteiger partial charge in [-0.05, 0) is 0 Å².